The van der Waals surface area contributed by atoms with Gasteiger partial charge < -0.3 is 9.84 Å². The summed E-state index contributed by atoms with van der Waals surface area (Å²) in [4.78, 5) is 12.7. The molecule has 1 aliphatic carbocycles. The summed E-state index contributed by atoms with van der Waals surface area (Å²) in [7, 11) is 0. The van der Waals surface area contributed by atoms with Crippen molar-refractivity contribution in [1.29, 1.82) is 0 Å². The Kier molecular flexibility index (Phi) is 6.17. The highest BCUT2D eigenvalue weighted by atomic mass is 19.4. The first kappa shape index (κ1) is 23.6. The van der Waals surface area contributed by atoms with Crippen LogP contribution in [0.3, 0.4) is 0 Å². The van der Waals surface area contributed by atoms with E-state index in [9.17, 15) is 23.1 Å². The zero-order chi connectivity index (χ0) is 23.2. The van der Waals surface area contributed by atoms with Crippen LogP contribution in [-0.4, -0.2) is 40.2 Å². The predicted molar refractivity (Wildman–Crippen MR) is 112 cm³/mol. The largest absolute Gasteiger partial charge is 0.484 e. The maximum atomic E-state index is 14.1. The molecule has 0 unspecified atom stereocenters. The van der Waals surface area contributed by atoms with Gasteiger partial charge in [0.15, 0.2) is 6.61 Å². The van der Waals surface area contributed by atoms with Gasteiger partial charge in [-0.25, -0.2) is 0 Å². The number of carbonyl (C=O) groups is 1. The van der Waals surface area contributed by atoms with Gasteiger partial charge in [0.25, 0.3) is 11.6 Å². The Morgan fingerprint density at radius 3 is 2.55 bits per heavy atom. The molecule has 0 spiro atoms. The van der Waals surface area contributed by atoms with Crippen LogP contribution in [-0.2, 0) is 4.79 Å². The maximum absolute atomic E-state index is 14.1. The third-order valence-corrected chi connectivity index (χ3v) is 7.22. The van der Waals surface area contributed by atoms with Crippen molar-refractivity contribution in [2.24, 2.45) is 22.4 Å². The van der Waals surface area contributed by atoms with Crippen molar-refractivity contribution in [1.82, 2.24) is 5.01 Å². The molecule has 0 saturated heterocycles. The van der Waals surface area contributed by atoms with Gasteiger partial charge >= 0.3 is 6.18 Å². The molecule has 1 N–H and O–H groups in total. The Balaban J connectivity index is 1.83. The molecule has 1 aromatic carbocycles. The Labute approximate surface area is 181 Å². The van der Waals surface area contributed by atoms with Gasteiger partial charge in [-0.05, 0) is 67.7 Å². The number of aliphatic hydroxyl groups is 1. The van der Waals surface area contributed by atoms with Crippen molar-refractivity contribution in [3.63, 3.8) is 0 Å². The molecule has 5 nitrogen and oxygen atoms in total. The summed E-state index contributed by atoms with van der Waals surface area (Å²) in [6.45, 7) is 9.21. The summed E-state index contributed by atoms with van der Waals surface area (Å²) < 4.78 is 47.8. The minimum absolute atomic E-state index is 0.00263. The van der Waals surface area contributed by atoms with Crippen molar-refractivity contribution in [2.75, 3.05) is 6.61 Å². The number of amides is 1. The van der Waals surface area contributed by atoms with Gasteiger partial charge in [0.05, 0.1) is 5.92 Å². The van der Waals surface area contributed by atoms with Crippen molar-refractivity contribution < 1.29 is 27.8 Å². The lowest BCUT2D eigenvalue weighted by molar-refractivity contribution is -0.318. The van der Waals surface area contributed by atoms with Crippen molar-refractivity contribution in [2.45, 2.75) is 72.2 Å². The Morgan fingerprint density at radius 2 is 1.97 bits per heavy atom. The molecule has 2 aliphatic rings. The molecule has 1 fully saturated rings. The molecule has 0 radical (unpaired) electrons. The van der Waals surface area contributed by atoms with Crippen LogP contribution in [0.2, 0.25) is 0 Å². The van der Waals surface area contributed by atoms with E-state index in [-0.39, 0.29) is 28.5 Å². The van der Waals surface area contributed by atoms with Crippen molar-refractivity contribution in [3.05, 3.63) is 29.3 Å². The first-order valence-electron chi connectivity index (χ1n) is 10.7. The van der Waals surface area contributed by atoms with E-state index in [0.717, 1.165) is 17.5 Å². The summed E-state index contributed by atoms with van der Waals surface area (Å²) >= 11 is 0. The highest BCUT2D eigenvalue weighted by molar-refractivity contribution is 5.93. The molecule has 1 amide bonds. The normalized spacial score (nSPS) is 26.5. The van der Waals surface area contributed by atoms with Gasteiger partial charge in [-0.15, -0.1) is 0 Å². The minimum atomic E-state index is -5.04. The molecule has 8 heteroatoms. The van der Waals surface area contributed by atoms with Crippen LogP contribution in [0.5, 0.6) is 5.75 Å². The zero-order valence-electron chi connectivity index (χ0n) is 18.7. The SMILES string of the molecule is CCC(C)(C)[C@@H]1CCC2=NN(C(=O)COc3ccc(C)c(C)c3)[C@@](O)(C(F)(F)F)[C@H]2C1. The van der Waals surface area contributed by atoms with Crippen LogP contribution in [0.25, 0.3) is 0 Å². The molecule has 0 aromatic heterocycles. The van der Waals surface area contributed by atoms with E-state index in [2.05, 4.69) is 5.10 Å². The summed E-state index contributed by atoms with van der Waals surface area (Å²) in [6, 6.07) is 5.17. The molecular weight excluding hydrogens is 409 g/mol. The van der Waals surface area contributed by atoms with E-state index in [1.165, 1.54) is 0 Å². The Hall–Kier alpha value is -2.09. The average molecular weight is 441 g/mol. The molecule has 172 valence electrons. The van der Waals surface area contributed by atoms with E-state index < -0.39 is 30.3 Å². The van der Waals surface area contributed by atoms with Gasteiger partial charge in [-0.1, -0.05) is 33.3 Å². The molecule has 1 saturated carbocycles. The second-order valence-electron chi connectivity index (χ2n) is 9.42. The number of fused-ring (bicyclic) bond motifs is 1. The van der Waals surface area contributed by atoms with Crippen molar-refractivity contribution >= 4 is 11.6 Å². The average Bonchev–Trinajstić information content (AvgIpc) is 3.02. The summed E-state index contributed by atoms with van der Waals surface area (Å²) in [5, 5.41) is 15.1. The van der Waals surface area contributed by atoms with E-state index >= 15 is 0 Å². The first-order valence-corrected chi connectivity index (χ1v) is 10.7. The van der Waals surface area contributed by atoms with Crippen LogP contribution < -0.4 is 4.74 Å². The van der Waals surface area contributed by atoms with Gasteiger partial charge in [-0.3, -0.25) is 4.79 Å². The number of alkyl halides is 3. The maximum Gasteiger partial charge on any atom is 0.439 e. The van der Waals surface area contributed by atoms with Crippen LogP contribution in [0.1, 0.15) is 57.6 Å². The summed E-state index contributed by atoms with van der Waals surface area (Å²) in [5.41, 5.74) is -1.31. The smallest absolute Gasteiger partial charge is 0.439 e. The number of ether oxygens (including phenoxy) is 1. The van der Waals surface area contributed by atoms with Crippen molar-refractivity contribution in [3.8, 4) is 5.75 Å². The van der Waals surface area contributed by atoms with Crippen LogP contribution in [0, 0.1) is 31.1 Å². The Morgan fingerprint density at radius 1 is 1.29 bits per heavy atom. The number of rotatable bonds is 5. The molecule has 3 rings (SSSR count). The second-order valence-corrected chi connectivity index (χ2v) is 9.42. The standard InChI is InChI=1S/C23H31F3N2O3/c1-6-21(4,5)16-8-10-19-18(12-16)22(30,23(24,25)26)28(27-19)20(29)13-31-17-9-7-14(2)15(3)11-17/h7,9,11,16,18,30H,6,8,10,12-13H2,1-5H3/t16-,18+,22+/m1/s1. The van der Waals surface area contributed by atoms with Gasteiger partial charge in [0, 0.05) is 5.71 Å². The minimum Gasteiger partial charge on any atom is -0.484 e. The quantitative estimate of drug-likeness (QED) is 0.702. The Bertz CT molecular complexity index is 881. The number of hydrogen-bond acceptors (Lipinski definition) is 4. The molecule has 3 atom stereocenters. The number of hydrogen-bond donors (Lipinski definition) is 1. The zero-order valence-corrected chi connectivity index (χ0v) is 18.7. The summed E-state index contributed by atoms with van der Waals surface area (Å²) in [6.07, 6.45) is -3.08. The highest BCUT2D eigenvalue weighted by Gasteiger charge is 2.69. The van der Waals surface area contributed by atoms with Gasteiger partial charge in [-0.2, -0.15) is 23.3 Å². The lowest BCUT2D eigenvalue weighted by Gasteiger charge is -2.43. The van der Waals surface area contributed by atoms with E-state index in [1.54, 1.807) is 12.1 Å². The second kappa shape index (κ2) is 8.11. The van der Waals surface area contributed by atoms with E-state index in [0.29, 0.717) is 18.6 Å². The molecule has 1 aliphatic heterocycles. The lowest BCUT2D eigenvalue weighted by atomic mass is 9.64. The number of carbonyl (C=O) groups excluding carboxylic acids is 1. The third kappa shape index (κ3) is 4.19. The fourth-order valence-electron chi connectivity index (χ4n) is 4.48. The topological polar surface area (TPSA) is 62.1 Å². The van der Waals surface area contributed by atoms with Crippen LogP contribution >= 0.6 is 0 Å². The molecule has 1 heterocycles. The molecular formula is C23H31F3N2O3. The van der Waals surface area contributed by atoms with Gasteiger partial charge in [0.2, 0.25) is 0 Å². The van der Waals surface area contributed by atoms with E-state index in [1.807, 2.05) is 40.7 Å². The number of aryl methyl sites for hydroxylation is 2. The third-order valence-electron chi connectivity index (χ3n) is 7.22. The number of nitrogens with zero attached hydrogens (tertiary/aromatic N) is 2. The molecule has 1 aromatic rings. The van der Waals surface area contributed by atoms with Gasteiger partial charge in [0.1, 0.15) is 5.75 Å². The molecule has 0 bridgehead atoms. The number of hydrazone groups is 1. The highest BCUT2D eigenvalue weighted by Crippen LogP contribution is 2.52. The molecule has 31 heavy (non-hydrogen) atoms. The monoisotopic (exact) mass is 440 g/mol. The lowest BCUT2D eigenvalue weighted by Crippen LogP contribution is -2.62. The summed E-state index contributed by atoms with van der Waals surface area (Å²) in [5.74, 6) is -1.91. The first-order chi connectivity index (χ1) is 14.3. The van der Waals surface area contributed by atoms with Crippen LogP contribution in [0.15, 0.2) is 23.3 Å². The van der Waals surface area contributed by atoms with Crippen LogP contribution in [0.4, 0.5) is 13.2 Å². The fraction of sp³-hybridized carbons (Fsp3) is 0.652. The number of halogens is 3. The number of benzene rings is 1. The fourth-order valence-corrected chi connectivity index (χ4v) is 4.48. The predicted octanol–water partition coefficient (Wildman–Crippen LogP) is 4.98. The van der Waals surface area contributed by atoms with E-state index in [4.69, 9.17) is 4.74 Å².